The molecule has 0 bridgehead atoms. The molecule has 3 nitrogen and oxygen atoms in total. The first-order valence-electron chi connectivity index (χ1n) is 5.59. The second-order valence-corrected chi connectivity index (χ2v) is 4.90. The number of methoxy groups -OCH3 is 1. The molecule has 2 N–H and O–H groups in total. The van der Waals surface area contributed by atoms with Gasteiger partial charge in [-0.15, -0.1) is 0 Å². The maximum atomic E-state index is 8.61. The average molecular weight is 261 g/mol. The van der Waals surface area contributed by atoms with Crippen LogP contribution in [-0.4, -0.2) is 12.3 Å². The van der Waals surface area contributed by atoms with Crippen LogP contribution in [0.15, 0.2) is 58.3 Å². The van der Waals surface area contributed by atoms with E-state index in [4.69, 9.17) is 9.94 Å². The quantitative estimate of drug-likeness (QED) is 0.810. The minimum Gasteiger partial charge on any atom is -0.497 e. The molecule has 0 radical (unpaired) electrons. The highest BCUT2D eigenvalue weighted by Crippen LogP contribution is 2.29. The normalized spacial score (nSPS) is 10.3. The molecule has 0 spiro atoms. The van der Waals surface area contributed by atoms with Crippen LogP contribution in [0.3, 0.4) is 0 Å². The molecule has 0 saturated heterocycles. The maximum Gasteiger partial charge on any atom is 0.118 e. The Kier molecular flexibility index (Phi) is 4.64. The lowest BCUT2D eigenvalue weighted by atomic mass is 10.2. The maximum absolute atomic E-state index is 8.61. The minimum absolute atomic E-state index is 0.466. The molecule has 0 heterocycles. The van der Waals surface area contributed by atoms with Crippen LogP contribution in [0.5, 0.6) is 5.75 Å². The van der Waals surface area contributed by atoms with Crippen molar-refractivity contribution in [3.05, 3.63) is 54.1 Å². The van der Waals surface area contributed by atoms with E-state index in [9.17, 15) is 0 Å². The molecule has 0 aliphatic heterocycles. The summed E-state index contributed by atoms with van der Waals surface area (Å²) in [5.74, 6) is 0.865. The minimum atomic E-state index is 0.466. The summed E-state index contributed by atoms with van der Waals surface area (Å²) >= 11 is 1.70. The van der Waals surface area contributed by atoms with Crippen molar-refractivity contribution in [3.63, 3.8) is 0 Å². The number of benzene rings is 2. The van der Waals surface area contributed by atoms with Crippen molar-refractivity contribution in [1.29, 1.82) is 0 Å². The number of hydrogen-bond donors (Lipinski definition) is 2. The van der Waals surface area contributed by atoms with Gasteiger partial charge in [-0.2, -0.15) is 0 Å². The molecule has 0 aliphatic rings. The van der Waals surface area contributed by atoms with Crippen molar-refractivity contribution >= 4 is 11.8 Å². The van der Waals surface area contributed by atoms with E-state index in [0.29, 0.717) is 6.54 Å². The lowest BCUT2D eigenvalue weighted by Gasteiger charge is -2.05. The van der Waals surface area contributed by atoms with E-state index in [1.165, 1.54) is 9.79 Å². The van der Waals surface area contributed by atoms with Crippen LogP contribution in [0.1, 0.15) is 5.56 Å². The van der Waals surface area contributed by atoms with Gasteiger partial charge in [0.25, 0.3) is 0 Å². The number of rotatable bonds is 5. The van der Waals surface area contributed by atoms with Gasteiger partial charge in [-0.1, -0.05) is 23.9 Å². The molecule has 2 aromatic rings. The van der Waals surface area contributed by atoms with Crippen molar-refractivity contribution < 1.29 is 9.94 Å². The van der Waals surface area contributed by atoms with Gasteiger partial charge in [0.2, 0.25) is 0 Å². The molecule has 0 saturated carbocycles. The van der Waals surface area contributed by atoms with Crippen LogP contribution in [0.2, 0.25) is 0 Å². The average Bonchev–Trinajstić information content (AvgIpc) is 2.42. The van der Waals surface area contributed by atoms with Crippen molar-refractivity contribution in [2.45, 2.75) is 16.3 Å². The number of hydroxylamine groups is 1. The van der Waals surface area contributed by atoms with Crippen LogP contribution in [-0.2, 0) is 6.54 Å². The van der Waals surface area contributed by atoms with E-state index >= 15 is 0 Å². The molecule has 0 fully saturated rings. The van der Waals surface area contributed by atoms with Crippen molar-refractivity contribution in [2.75, 3.05) is 7.11 Å². The van der Waals surface area contributed by atoms with Gasteiger partial charge in [-0.3, -0.25) is 0 Å². The lowest BCUT2D eigenvalue weighted by Crippen LogP contribution is -2.05. The highest BCUT2D eigenvalue weighted by Gasteiger charge is 1.99. The van der Waals surface area contributed by atoms with Crippen LogP contribution >= 0.6 is 11.8 Å². The molecule has 0 atom stereocenters. The van der Waals surface area contributed by atoms with Gasteiger partial charge in [0, 0.05) is 16.3 Å². The SMILES string of the molecule is COc1ccc(Sc2ccc(CNO)cc2)cc1. The molecular formula is C14H15NO2S. The van der Waals surface area contributed by atoms with E-state index in [-0.39, 0.29) is 0 Å². The van der Waals surface area contributed by atoms with Crippen molar-refractivity contribution in [1.82, 2.24) is 5.48 Å². The summed E-state index contributed by atoms with van der Waals surface area (Å²) in [6, 6.07) is 16.0. The summed E-state index contributed by atoms with van der Waals surface area (Å²) in [4.78, 5) is 2.34. The topological polar surface area (TPSA) is 41.5 Å². The highest BCUT2D eigenvalue weighted by molar-refractivity contribution is 7.99. The first kappa shape index (κ1) is 13.0. The van der Waals surface area contributed by atoms with Crippen LogP contribution in [0.25, 0.3) is 0 Å². The molecule has 18 heavy (non-hydrogen) atoms. The van der Waals surface area contributed by atoms with E-state index in [0.717, 1.165) is 11.3 Å². The fraction of sp³-hybridized carbons (Fsp3) is 0.143. The van der Waals surface area contributed by atoms with Gasteiger partial charge >= 0.3 is 0 Å². The lowest BCUT2D eigenvalue weighted by molar-refractivity contribution is 0.161. The first-order valence-corrected chi connectivity index (χ1v) is 6.41. The summed E-state index contributed by atoms with van der Waals surface area (Å²) in [5.41, 5.74) is 3.20. The highest BCUT2D eigenvalue weighted by atomic mass is 32.2. The van der Waals surface area contributed by atoms with Crippen LogP contribution < -0.4 is 10.2 Å². The summed E-state index contributed by atoms with van der Waals surface area (Å²) in [5, 5.41) is 8.61. The van der Waals surface area contributed by atoms with Crippen molar-refractivity contribution in [3.8, 4) is 5.75 Å². The van der Waals surface area contributed by atoms with E-state index in [1.807, 2.05) is 48.5 Å². The van der Waals surface area contributed by atoms with Gasteiger partial charge < -0.3 is 9.94 Å². The fourth-order valence-electron chi connectivity index (χ4n) is 1.55. The first-order chi connectivity index (χ1) is 8.81. The van der Waals surface area contributed by atoms with Gasteiger partial charge in [-0.25, -0.2) is 5.48 Å². The van der Waals surface area contributed by atoms with E-state index < -0.39 is 0 Å². The zero-order chi connectivity index (χ0) is 12.8. The summed E-state index contributed by atoms with van der Waals surface area (Å²) < 4.78 is 5.12. The van der Waals surface area contributed by atoms with E-state index in [1.54, 1.807) is 18.9 Å². The second kappa shape index (κ2) is 6.44. The monoisotopic (exact) mass is 261 g/mol. The molecule has 0 aromatic heterocycles. The molecule has 2 rings (SSSR count). The number of hydrogen-bond acceptors (Lipinski definition) is 4. The summed E-state index contributed by atoms with van der Waals surface area (Å²) in [6.07, 6.45) is 0. The zero-order valence-electron chi connectivity index (χ0n) is 10.1. The predicted octanol–water partition coefficient (Wildman–Crippen LogP) is 3.33. The van der Waals surface area contributed by atoms with Gasteiger partial charge in [0.15, 0.2) is 0 Å². The van der Waals surface area contributed by atoms with Gasteiger partial charge in [-0.05, 0) is 42.0 Å². The molecule has 0 unspecified atom stereocenters. The Hall–Kier alpha value is -1.49. The third-order valence-electron chi connectivity index (χ3n) is 2.50. The standard InChI is InChI=1S/C14H15NO2S/c1-17-12-4-8-14(9-5-12)18-13-6-2-11(3-7-13)10-15-16/h2-9,15-16H,10H2,1H3. The molecule has 4 heteroatoms. The Morgan fingerprint density at radius 2 is 1.56 bits per heavy atom. The zero-order valence-corrected chi connectivity index (χ0v) is 10.9. The van der Waals surface area contributed by atoms with Crippen LogP contribution in [0.4, 0.5) is 0 Å². The third kappa shape index (κ3) is 3.50. The second-order valence-electron chi connectivity index (χ2n) is 3.76. The Morgan fingerprint density at radius 3 is 2.06 bits per heavy atom. The largest absolute Gasteiger partial charge is 0.497 e. The summed E-state index contributed by atoms with van der Waals surface area (Å²) in [6.45, 7) is 0.466. The Balaban J connectivity index is 2.03. The third-order valence-corrected chi connectivity index (χ3v) is 3.52. The smallest absolute Gasteiger partial charge is 0.118 e. The summed E-state index contributed by atoms with van der Waals surface area (Å²) in [7, 11) is 1.66. The molecular weight excluding hydrogens is 246 g/mol. The molecule has 94 valence electrons. The molecule has 0 aliphatic carbocycles. The van der Waals surface area contributed by atoms with Crippen molar-refractivity contribution in [2.24, 2.45) is 0 Å². The Labute approximate surface area is 111 Å². The van der Waals surface area contributed by atoms with E-state index in [2.05, 4.69) is 5.48 Å². The Morgan fingerprint density at radius 1 is 1.00 bits per heavy atom. The fourth-order valence-corrected chi connectivity index (χ4v) is 2.36. The van der Waals surface area contributed by atoms with Gasteiger partial charge in [0.05, 0.1) is 7.11 Å². The molecule has 0 amide bonds. The molecule has 2 aromatic carbocycles. The Bertz CT molecular complexity index is 482. The number of nitrogens with one attached hydrogen (secondary N) is 1. The van der Waals surface area contributed by atoms with Gasteiger partial charge in [0.1, 0.15) is 5.75 Å². The number of ether oxygens (including phenoxy) is 1. The predicted molar refractivity (Wildman–Crippen MR) is 72.2 cm³/mol. The van der Waals surface area contributed by atoms with Crippen LogP contribution in [0, 0.1) is 0 Å².